The smallest absolute Gasteiger partial charge is 0.219 e. The zero-order valence-corrected chi connectivity index (χ0v) is 19.3. The molecule has 0 amide bonds. The Labute approximate surface area is 189 Å². The molecule has 8 nitrogen and oxygen atoms in total. The molecule has 1 aromatic carbocycles. The summed E-state index contributed by atoms with van der Waals surface area (Å²) in [6.07, 6.45) is 2.70. The number of rotatable bonds is 10. The van der Waals surface area contributed by atoms with Crippen LogP contribution < -0.4 is 20.1 Å². The topological polar surface area (TPSA) is 85.6 Å². The molecule has 0 radical (unpaired) electrons. The quantitative estimate of drug-likeness (QED) is 0.285. The first kappa shape index (κ1) is 23.1. The van der Waals surface area contributed by atoms with Gasteiger partial charge in [0.1, 0.15) is 11.5 Å². The predicted octanol–water partition coefficient (Wildman–Crippen LogP) is 3.84. The fourth-order valence-corrected chi connectivity index (χ4v) is 3.25. The summed E-state index contributed by atoms with van der Waals surface area (Å²) in [6.45, 7) is 8.98. The maximum absolute atomic E-state index is 5.87. The van der Waals surface area contributed by atoms with Crippen molar-refractivity contribution < 1.29 is 9.47 Å². The SMILES string of the molecule is CCOc1ccc(Oc2cc(CNC(=NC)NCCCn3nc(C)cc3C)ccn2)cc1. The number of ether oxygens (including phenoxy) is 2. The Hall–Kier alpha value is -3.55. The van der Waals surface area contributed by atoms with Crippen LogP contribution in [0.2, 0.25) is 0 Å². The Morgan fingerprint density at radius 2 is 1.84 bits per heavy atom. The molecule has 0 atom stereocenters. The highest BCUT2D eigenvalue weighted by Gasteiger charge is 2.04. The van der Waals surface area contributed by atoms with Gasteiger partial charge >= 0.3 is 0 Å². The lowest BCUT2D eigenvalue weighted by Gasteiger charge is -2.13. The summed E-state index contributed by atoms with van der Waals surface area (Å²) in [5, 5.41) is 11.2. The van der Waals surface area contributed by atoms with E-state index in [-0.39, 0.29) is 0 Å². The van der Waals surface area contributed by atoms with E-state index in [4.69, 9.17) is 9.47 Å². The van der Waals surface area contributed by atoms with E-state index in [2.05, 4.69) is 38.7 Å². The Kier molecular flexibility index (Phi) is 8.48. The lowest BCUT2D eigenvalue weighted by atomic mass is 10.2. The van der Waals surface area contributed by atoms with Crippen LogP contribution in [0.15, 0.2) is 53.7 Å². The van der Waals surface area contributed by atoms with Crippen LogP contribution in [-0.2, 0) is 13.1 Å². The van der Waals surface area contributed by atoms with Gasteiger partial charge in [-0.15, -0.1) is 0 Å². The first-order chi connectivity index (χ1) is 15.6. The van der Waals surface area contributed by atoms with Crippen LogP contribution in [0.5, 0.6) is 17.4 Å². The second-order valence-corrected chi connectivity index (χ2v) is 7.37. The molecule has 2 heterocycles. The van der Waals surface area contributed by atoms with Gasteiger partial charge in [-0.25, -0.2) is 4.98 Å². The highest BCUT2D eigenvalue weighted by atomic mass is 16.5. The Morgan fingerprint density at radius 1 is 1.06 bits per heavy atom. The van der Waals surface area contributed by atoms with E-state index in [9.17, 15) is 0 Å². The van der Waals surface area contributed by atoms with Crippen molar-refractivity contribution in [2.24, 2.45) is 4.99 Å². The number of hydrogen-bond acceptors (Lipinski definition) is 5. The van der Waals surface area contributed by atoms with Gasteiger partial charge in [0, 0.05) is 44.6 Å². The number of hydrogen-bond donors (Lipinski definition) is 2. The van der Waals surface area contributed by atoms with Gasteiger partial charge < -0.3 is 20.1 Å². The molecule has 0 aliphatic heterocycles. The molecule has 0 aliphatic carbocycles. The van der Waals surface area contributed by atoms with Crippen molar-refractivity contribution in [3.8, 4) is 17.4 Å². The molecule has 2 N–H and O–H groups in total. The van der Waals surface area contributed by atoms with E-state index in [1.165, 1.54) is 5.69 Å². The van der Waals surface area contributed by atoms with Crippen molar-refractivity contribution in [2.75, 3.05) is 20.2 Å². The maximum atomic E-state index is 5.87. The van der Waals surface area contributed by atoms with Crippen molar-refractivity contribution in [1.29, 1.82) is 0 Å². The normalized spacial score (nSPS) is 11.3. The predicted molar refractivity (Wildman–Crippen MR) is 126 cm³/mol. The summed E-state index contributed by atoms with van der Waals surface area (Å²) in [6, 6.07) is 13.5. The Bertz CT molecular complexity index is 1010. The van der Waals surface area contributed by atoms with E-state index in [0.717, 1.165) is 42.5 Å². The van der Waals surface area contributed by atoms with Crippen LogP contribution in [0.3, 0.4) is 0 Å². The molecule has 0 bridgehead atoms. The third-order valence-electron chi connectivity index (χ3n) is 4.78. The van der Waals surface area contributed by atoms with E-state index in [1.54, 1.807) is 13.2 Å². The number of benzene rings is 1. The average molecular weight is 437 g/mol. The summed E-state index contributed by atoms with van der Waals surface area (Å²) in [4.78, 5) is 8.60. The summed E-state index contributed by atoms with van der Waals surface area (Å²) >= 11 is 0. The van der Waals surface area contributed by atoms with Crippen LogP contribution in [0, 0.1) is 13.8 Å². The van der Waals surface area contributed by atoms with Gasteiger partial charge in [-0.3, -0.25) is 9.67 Å². The van der Waals surface area contributed by atoms with Crippen LogP contribution in [-0.4, -0.2) is 40.9 Å². The fraction of sp³-hybridized carbons (Fsp3) is 0.375. The van der Waals surface area contributed by atoms with Gasteiger partial charge in [0.05, 0.1) is 12.3 Å². The Morgan fingerprint density at radius 3 is 2.53 bits per heavy atom. The number of aromatic nitrogens is 3. The van der Waals surface area contributed by atoms with E-state index < -0.39 is 0 Å². The second kappa shape index (κ2) is 11.7. The molecular formula is C24H32N6O2. The average Bonchev–Trinajstić information content (AvgIpc) is 3.12. The third kappa shape index (κ3) is 7.01. The van der Waals surface area contributed by atoms with Gasteiger partial charge in [-0.2, -0.15) is 5.10 Å². The van der Waals surface area contributed by atoms with E-state index in [1.807, 2.05) is 54.9 Å². The first-order valence-electron chi connectivity index (χ1n) is 10.9. The molecule has 0 spiro atoms. The van der Waals surface area contributed by atoms with Crippen LogP contribution >= 0.6 is 0 Å². The maximum Gasteiger partial charge on any atom is 0.219 e. The van der Waals surface area contributed by atoms with Gasteiger partial charge in [0.25, 0.3) is 0 Å². The molecule has 0 saturated heterocycles. The molecular weight excluding hydrogens is 404 g/mol. The van der Waals surface area contributed by atoms with Crippen molar-refractivity contribution >= 4 is 5.96 Å². The number of aryl methyl sites for hydroxylation is 3. The van der Waals surface area contributed by atoms with E-state index in [0.29, 0.717) is 24.8 Å². The lowest BCUT2D eigenvalue weighted by Crippen LogP contribution is -2.37. The molecule has 3 aromatic rings. The van der Waals surface area contributed by atoms with Crippen LogP contribution in [0.25, 0.3) is 0 Å². The zero-order valence-electron chi connectivity index (χ0n) is 19.3. The van der Waals surface area contributed by atoms with Crippen LogP contribution in [0.4, 0.5) is 0 Å². The minimum Gasteiger partial charge on any atom is -0.494 e. The first-order valence-corrected chi connectivity index (χ1v) is 10.9. The molecule has 2 aromatic heterocycles. The van der Waals surface area contributed by atoms with E-state index >= 15 is 0 Å². The lowest BCUT2D eigenvalue weighted by molar-refractivity contribution is 0.339. The number of nitrogens with one attached hydrogen (secondary N) is 2. The fourth-order valence-electron chi connectivity index (χ4n) is 3.25. The van der Waals surface area contributed by atoms with Crippen molar-refractivity contribution in [3.63, 3.8) is 0 Å². The van der Waals surface area contributed by atoms with Crippen molar-refractivity contribution in [3.05, 3.63) is 65.6 Å². The van der Waals surface area contributed by atoms with Crippen LogP contribution in [0.1, 0.15) is 30.3 Å². The highest BCUT2D eigenvalue weighted by molar-refractivity contribution is 5.79. The van der Waals surface area contributed by atoms with Gasteiger partial charge in [0.15, 0.2) is 5.96 Å². The van der Waals surface area contributed by atoms with Crippen molar-refractivity contribution in [1.82, 2.24) is 25.4 Å². The highest BCUT2D eigenvalue weighted by Crippen LogP contribution is 2.23. The minimum absolute atomic E-state index is 0.543. The summed E-state index contributed by atoms with van der Waals surface area (Å²) in [7, 11) is 1.77. The van der Waals surface area contributed by atoms with Gasteiger partial charge in [-0.1, -0.05) is 0 Å². The molecule has 0 unspecified atom stereocenters. The molecule has 8 heteroatoms. The Balaban J connectivity index is 1.45. The molecule has 32 heavy (non-hydrogen) atoms. The minimum atomic E-state index is 0.543. The zero-order chi connectivity index (χ0) is 22.8. The van der Waals surface area contributed by atoms with Crippen molar-refractivity contribution in [2.45, 2.75) is 40.3 Å². The van der Waals surface area contributed by atoms with Gasteiger partial charge in [0.2, 0.25) is 5.88 Å². The summed E-state index contributed by atoms with van der Waals surface area (Å²) in [5.74, 6) is 2.83. The number of pyridine rings is 1. The standard InChI is InChI=1S/C24H32N6O2/c1-5-31-21-7-9-22(10-8-21)32-23-16-20(11-13-26-23)17-28-24(25-4)27-12-6-14-30-19(3)15-18(2)29-30/h7-11,13,15-16H,5-6,12,14,17H2,1-4H3,(H2,25,27,28). The molecule has 0 aliphatic rings. The summed E-state index contributed by atoms with van der Waals surface area (Å²) in [5.41, 5.74) is 3.29. The third-order valence-corrected chi connectivity index (χ3v) is 4.78. The molecule has 170 valence electrons. The number of aliphatic imine (C=N–C) groups is 1. The number of guanidine groups is 1. The molecule has 3 rings (SSSR count). The number of nitrogens with zero attached hydrogens (tertiary/aromatic N) is 4. The summed E-state index contributed by atoms with van der Waals surface area (Å²) < 4.78 is 13.4. The molecule has 0 saturated carbocycles. The molecule has 0 fully saturated rings. The largest absolute Gasteiger partial charge is 0.494 e. The monoisotopic (exact) mass is 436 g/mol. The second-order valence-electron chi connectivity index (χ2n) is 7.37. The van der Waals surface area contributed by atoms with Gasteiger partial charge in [-0.05, 0) is 69.2 Å².